The third kappa shape index (κ3) is 3.74. The number of aromatic nitrogens is 1. The lowest BCUT2D eigenvalue weighted by atomic mass is 10.1. The van der Waals surface area contributed by atoms with Crippen LogP contribution in [0.25, 0.3) is 0 Å². The third-order valence-corrected chi connectivity index (χ3v) is 4.16. The highest BCUT2D eigenvalue weighted by Crippen LogP contribution is 2.16. The van der Waals surface area contributed by atoms with E-state index in [1.54, 1.807) is 0 Å². The van der Waals surface area contributed by atoms with E-state index in [1.807, 2.05) is 36.4 Å². The highest BCUT2D eigenvalue weighted by molar-refractivity contribution is 5.87. The van der Waals surface area contributed by atoms with E-state index in [0.717, 1.165) is 18.5 Å². The first kappa shape index (κ1) is 16.1. The summed E-state index contributed by atoms with van der Waals surface area (Å²) in [5.74, 6) is -0.295. The summed E-state index contributed by atoms with van der Waals surface area (Å²) in [4.78, 5) is 12.1. The van der Waals surface area contributed by atoms with E-state index in [9.17, 15) is 4.79 Å². The monoisotopic (exact) mass is 319 g/mol. The summed E-state index contributed by atoms with van der Waals surface area (Å²) in [5.41, 5.74) is 4.21. The van der Waals surface area contributed by atoms with Gasteiger partial charge in [-0.15, -0.1) is 0 Å². The molecule has 0 atom stereocenters. The van der Waals surface area contributed by atoms with E-state index in [1.165, 1.54) is 18.2 Å². The van der Waals surface area contributed by atoms with Gasteiger partial charge in [0.1, 0.15) is 5.69 Å². The quantitative estimate of drug-likeness (QED) is 0.640. The first-order chi connectivity index (χ1) is 11.8. The zero-order valence-corrected chi connectivity index (χ0v) is 13.8. The number of methoxy groups -OCH3 is 1. The average molecular weight is 319 g/mol. The number of rotatable bonds is 6. The summed E-state index contributed by atoms with van der Waals surface area (Å²) in [6.07, 6.45) is 1.83. The van der Waals surface area contributed by atoms with Gasteiger partial charge in [0.15, 0.2) is 0 Å². The van der Waals surface area contributed by atoms with Crippen molar-refractivity contribution in [2.24, 2.45) is 0 Å². The van der Waals surface area contributed by atoms with Crippen LogP contribution in [0.3, 0.4) is 0 Å². The van der Waals surface area contributed by atoms with E-state index in [2.05, 4.69) is 41.0 Å². The Balaban J connectivity index is 1.85. The van der Waals surface area contributed by atoms with Crippen molar-refractivity contribution in [2.75, 3.05) is 7.11 Å². The zero-order chi connectivity index (χ0) is 16.8. The molecule has 0 N–H and O–H groups in total. The topological polar surface area (TPSA) is 31.2 Å². The molecule has 122 valence electrons. The Hall–Kier alpha value is -2.81. The molecule has 3 nitrogen and oxygen atoms in total. The van der Waals surface area contributed by atoms with E-state index in [4.69, 9.17) is 4.74 Å². The molecule has 0 aliphatic rings. The molecule has 0 saturated carbocycles. The molecule has 0 amide bonds. The Morgan fingerprint density at radius 1 is 0.833 bits per heavy atom. The maximum Gasteiger partial charge on any atom is 0.354 e. The van der Waals surface area contributed by atoms with Gasteiger partial charge in [-0.3, -0.25) is 0 Å². The first-order valence-electron chi connectivity index (χ1n) is 8.12. The Morgan fingerprint density at radius 2 is 1.46 bits per heavy atom. The Bertz CT molecular complexity index is 791. The summed E-state index contributed by atoms with van der Waals surface area (Å²) in [6, 6.07) is 24.4. The number of aryl methyl sites for hydroxylation is 2. The lowest BCUT2D eigenvalue weighted by molar-refractivity contribution is 0.0588. The van der Waals surface area contributed by atoms with Gasteiger partial charge in [0.2, 0.25) is 0 Å². The van der Waals surface area contributed by atoms with Crippen LogP contribution >= 0.6 is 0 Å². The maximum absolute atomic E-state index is 12.1. The van der Waals surface area contributed by atoms with Crippen molar-refractivity contribution < 1.29 is 9.53 Å². The number of carbonyl (C=O) groups is 1. The van der Waals surface area contributed by atoms with Crippen LogP contribution in [0.15, 0.2) is 72.8 Å². The second kappa shape index (κ2) is 7.64. The summed E-state index contributed by atoms with van der Waals surface area (Å²) in [5, 5.41) is 0. The molecule has 24 heavy (non-hydrogen) atoms. The van der Waals surface area contributed by atoms with E-state index < -0.39 is 0 Å². The van der Waals surface area contributed by atoms with Crippen molar-refractivity contribution in [1.82, 2.24) is 4.57 Å². The first-order valence-corrected chi connectivity index (χ1v) is 8.12. The molecule has 2 aromatic carbocycles. The fraction of sp³-hybridized carbons (Fsp3) is 0.190. The van der Waals surface area contributed by atoms with Crippen molar-refractivity contribution in [3.63, 3.8) is 0 Å². The standard InChI is InChI=1S/C21H21NO2/c1-24-21(23)20-15-14-19(13-12-17-8-4-2-5-9-17)22(20)16-18-10-6-3-7-11-18/h2-11,14-15H,12-13,16H2,1H3. The van der Waals surface area contributed by atoms with Crippen LogP contribution in [0.2, 0.25) is 0 Å². The van der Waals surface area contributed by atoms with Crippen LogP contribution in [0.1, 0.15) is 27.3 Å². The van der Waals surface area contributed by atoms with Crippen molar-refractivity contribution in [3.05, 3.63) is 95.3 Å². The van der Waals surface area contributed by atoms with E-state index >= 15 is 0 Å². The average Bonchev–Trinajstić information content (AvgIpc) is 3.03. The van der Waals surface area contributed by atoms with Crippen molar-refractivity contribution in [3.8, 4) is 0 Å². The summed E-state index contributed by atoms with van der Waals surface area (Å²) >= 11 is 0. The SMILES string of the molecule is COC(=O)c1ccc(CCc2ccccc2)n1Cc1ccccc1. The molecule has 0 unspecified atom stereocenters. The van der Waals surface area contributed by atoms with Gasteiger partial charge >= 0.3 is 5.97 Å². The Kier molecular flexibility index (Phi) is 5.12. The number of nitrogens with zero attached hydrogens (tertiary/aromatic N) is 1. The second-order valence-electron chi connectivity index (χ2n) is 5.76. The number of ether oxygens (including phenoxy) is 1. The van der Waals surface area contributed by atoms with Gasteiger partial charge in [0.05, 0.1) is 7.11 Å². The van der Waals surface area contributed by atoms with Gasteiger partial charge < -0.3 is 9.30 Å². The molecule has 0 aliphatic carbocycles. The van der Waals surface area contributed by atoms with Crippen LogP contribution < -0.4 is 0 Å². The minimum atomic E-state index is -0.295. The second-order valence-corrected chi connectivity index (χ2v) is 5.76. The third-order valence-electron chi connectivity index (χ3n) is 4.16. The van der Waals surface area contributed by atoms with Gasteiger partial charge in [-0.2, -0.15) is 0 Å². The van der Waals surface area contributed by atoms with Crippen LogP contribution in [0, 0.1) is 0 Å². The molecular formula is C21H21NO2. The summed E-state index contributed by atoms with van der Waals surface area (Å²) < 4.78 is 6.99. The van der Waals surface area contributed by atoms with Gasteiger partial charge in [-0.1, -0.05) is 60.7 Å². The molecule has 0 fully saturated rings. The predicted molar refractivity (Wildman–Crippen MR) is 95.2 cm³/mol. The highest BCUT2D eigenvalue weighted by atomic mass is 16.5. The van der Waals surface area contributed by atoms with E-state index in [-0.39, 0.29) is 5.97 Å². The number of hydrogen-bond donors (Lipinski definition) is 0. The fourth-order valence-corrected chi connectivity index (χ4v) is 2.88. The molecule has 3 aromatic rings. The normalized spacial score (nSPS) is 10.5. The van der Waals surface area contributed by atoms with Crippen molar-refractivity contribution in [1.29, 1.82) is 0 Å². The lowest BCUT2D eigenvalue weighted by Gasteiger charge is -2.13. The van der Waals surface area contributed by atoms with Crippen LogP contribution in [-0.2, 0) is 24.1 Å². The smallest absolute Gasteiger partial charge is 0.354 e. The van der Waals surface area contributed by atoms with Gasteiger partial charge in [-0.05, 0) is 36.1 Å². The molecule has 0 bridgehead atoms. The lowest BCUT2D eigenvalue weighted by Crippen LogP contribution is -2.14. The molecule has 0 saturated heterocycles. The van der Waals surface area contributed by atoms with Gasteiger partial charge in [0, 0.05) is 12.2 Å². The largest absolute Gasteiger partial charge is 0.464 e. The molecule has 0 aliphatic heterocycles. The van der Waals surface area contributed by atoms with Crippen LogP contribution in [0.4, 0.5) is 0 Å². The molecule has 0 spiro atoms. The maximum atomic E-state index is 12.1. The van der Waals surface area contributed by atoms with Crippen molar-refractivity contribution in [2.45, 2.75) is 19.4 Å². The summed E-state index contributed by atoms with van der Waals surface area (Å²) in [6.45, 7) is 0.669. The highest BCUT2D eigenvalue weighted by Gasteiger charge is 2.15. The molecule has 0 radical (unpaired) electrons. The fourth-order valence-electron chi connectivity index (χ4n) is 2.88. The van der Waals surface area contributed by atoms with Crippen molar-refractivity contribution >= 4 is 5.97 Å². The number of esters is 1. The molecule has 1 heterocycles. The number of carbonyl (C=O) groups excluding carboxylic acids is 1. The molecule has 3 rings (SSSR count). The molecule has 1 aromatic heterocycles. The van der Waals surface area contributed by atoms with E-state index in [0.29, 0.717) is 12.2 Å². The van der Waals surface area contributed by atoms with Gasteiger partial charge in [0.25, 0.3) is 0 Å². The summed E-state index contributed by atoms with van der Waals surface area (Å²) in [7, 11) is 1.42. The zero-order valence-electron chi connectivity index (χ0n) is 13.8. The predicted octanol–water partition coefficient (Wildman–Crippen LogP) is 4.11. The Labute approximate surface area is 142 Å². The minimum absolute atomic E-state index is 0.295. The van der Waals surface area contributed by atoms with Crippen LogP contribution in [0.5, 0.6) is 0 Å². The van der Waals surface area contributed by atoms with Gasteiger partial charge in [-0.25, -0.2) is 4.79 Å². The minimum Gasteiger partial charge on any atom is -0.464 e. The molecular weight excluding hydrogens is 298 g/mol. The number of hydrogen-bond acceptors (Lipinski definition) is 2. The van der Waals surface area contributed by atoms with Crippen LogP contribution in [-0.4, -0.2) is 17.6 Å². The molecule has 3 heteroatoms. The number of benzene rings is 2. The Morgan fingerprint density at radius 3 is 2.08 bits per heavy atom.